The van der Waals surface area contributed by atoms with Crippen molar-refractivity contribution in [3.63, 3.8) is 0 Å². The highest BCUT2D eigenvalue weighted by molar-refractivity contribution is 5.93. The van der Waals surface area contributed by atoms with Crippen LogP contribution >= 0.6 is 0 Å². The molecule has 0 aliphatic heterocycles. The predicted octanol–water partition coefficient (Wildman–Crippen LogP) is 2.90. The Labute approximate surface area is 138 Å². The average molecular weight is 331 g/mol. The van der Waals surface area contributed by atoms with Crippen LogP contribution in [0.4, 0.5) is 20.6 Å². The molecule has 0 heterocycles. The maximum Gasteiger partial charge on any atom is 0.316 e. The third-order valence-corrected chi connectivity index (χ3v) is 3.27. The highest BCUT2D eigenvalue weighted by Crippen LogP contribution is 2.19. The van der Waals surface area contributed by atoms with Crippen LogP contribution in [0, 0.1) is 5.82 Å². The van der Waals surface area contributed by atoms with Crippen LogP contribution in [-0.2, 0) is 11.2 Å². The van der Waals surface area contributed by atoms with Gasteiger partial charge in [-0.15, -0.1) is 0 Å². The number of nitrogens with one attached hydrogen (secondary N) is 2. The number of rotatable bonds is 6. The number of halogens is 1. The summed E-state index contributed by atoms with van der Waals surface area (Å²) in [6, 6.07) is 10.5. The van der Waals surface area contributed by atoms with Gasteiger partial charge in [-0.25, -0.2) is 9.18 Å². The van der Waals surface area contributed by atoms with E-state index in [0.29, 0.717) is 23.4 Å². The summed E-state index contributed by atoms with van der Waals surface area (Å²) < 4.78 is 18.5. The minimum Gasteiger partial charge on any atom is -0.494 e. The van der Waals surface area contributed by atoms with E-state index in [9.17, 15) is 14.0 Å². The van der Waals surface area contributed by atoms with Gasteiger partial charge in [0, 0.05) is 17.8 Å². The SMILES string of the molecule is COc1ccc(CCC(=O)Nc2cccc(NC(N)=O)c2)cc1F. The van der Waals surface area contributed by atoms with Gasteiger partial charge in [0.15, 0.2) is 11.6 Å². The lowest BCUT2D eigenvalue weighted by Gasteiger charge is -2.08. The van der Waals surface area contributed by atoms with E-state index in [2.05, 4.69) is 10.6 Å². The first-order valence-electron chi connectivity index (χ1n) is 7.26. The number of nitrogens with two attached hydrogens (primary N) is 1. The zero-order valence-corrected chi connectivity index (χ0v) is 13.1. The van der Waals surface area contributed by atoms with E-state index in [4.69, 9.17) is 10.5 Å². The van der Waals surface area contributed by atoms with Gasteiger partial charge in [-0.3, -0.25) is 4.79 Å². The molecule has 24 heavy (non-hydrogen) atoms. The molecule has 0 aliphatic rings. The van der Waals surface area contributed by atoms with Crippen molar-refractivity contribution in [2.45, 2.75) is 12.8 Å². The Morgan fingerprint density at radius 1 is 1.12 bits per heavy atom. The van der Waals surface area contributed by atoms with Crippen molar-refractivity contribution in [3.05, 3.63) is 53.8 Å². The van der Waals surface area contributed by atoms with Gasteiger partial charge in [0.1, 0.15) is 0 Å². The van der Waals surface area contributed by atoms with E-state index < -0.39 is 11.8 Å². The third-order valence-electron chi connectivity index (χ3n) is 3.27. The number of carbonyl (C=O) groups excluding carboxylic acids is 2. The molecule has 0 aromatic heterocycles. The van der Waals surface area contributed by atoms with Crippen molar-refractivity contribution < 1.29 is 18.7 Å². The van der Waals surface area contributed by atoms with E-state index in [-0.39, 0.29) is 18.1 Å². The molecular weight excluding hydrogens is 313 g/mol. The van der Waals surface area contributed by atoms with E-state index >= 15 is 0 Å². The van der Waals surface area contributed by atoms with Crippen molar-refractivity contribution in [2.75, 3.05) is 17.7 Å². The van der Waals surface area contributed by atoms with Crippen molar-refractivity contribution in [2.24, 2.45) is 5.73 Å². The second-order valence-electron chi connectivity index (χ2n) is 5.09. The number of carbonyl (C=O) groups is 2. The fourth-order valence-corrected chi connectivity index (χ4v) is 2.16. The molecule has 0 radical (unpaired) electrons. The fraction of sp³-hybridized carbons (Fsp3) is 0.176. The monoisotopic (exact) mass is 331 g/mol. The maximum absolute atomic E-state index is 13.6. The van der Waals surface area contributed by atoms with E-state index in [0.717, 1.165) is 0 Å². The Hall–Kier alpha value is -3.09. The molecule has 2 aromatic carbocycles. The van der Waals surface area contributed by atoms with Gasteiger partial charge < -0.3 is 21.1 Å². The molecule has 0 aliphatic carbocycles. The summed E-state index contributed by atoms with van der Waals surface area (Å²) in [4.78, 5) is 22.8. The maximum atomic E-state index is 13.6. The number of methoxy groups -OCH3 is 1. The summed E-state index contributed by atoms with van der Waals surface area (Å²) in [5, 5.41) is 5.14. The number of hydrogen-bond acceptors (Lipinski definition) is 3. The van der Waals surface area contributed by atoms with Crippen LogP contribution in [-0.4, -0.2) is 19.0 Å². The molecule has 7 heteroatoms. The quantitative estimate of drug-likeness (QED) is 0.760. The first-order chi connectivity index (χ1) is 11.5. The molecule has 0 atom stereocenters. The minimum atomic E-state index is -0.681. The number of urea groups is 1. The Kier molecular flexibility index (Phi) is 5.73. The summed E-state index contributed by atoms with van der Waals surface area (Å²) >= 11 is 0. The number of benzene rings is 2. The molecule has 2 rings (SSSR count). The van der Waals surface area contributed by atoms with Crippen molar-refractivity contribution >= 4 is 23.3 Å². The van der Waals surface area contributed by atoms with Crippen LogP contribution < -0.4 is 21.1 Å². The molecule has 6 nitrogen and oxygen atoms in total. The second kappa shape index (κ2) is 7.96. The lowest BCUT2D eigenvalue weighted by molar-refractivity contribution is -0.116. The Bertz CT molecular complexity index is 750. The van der Waals surface area contributed by atoms with Crippen LogP contribution in [0.25, 0.3) is 0 Å². The Balaban J connectivity index is 1.91. The van der Waals surface area contributed by atoms with Gasteiger partial charge in [0.05, 0.1) is 7.11 Å². The highest BCUT2D eigenvalue weighted by Gasteiger charge is 2.07. The molecule has 2 aromatic rings. The molecule has 0 bridgehead atoms. The molecule has 3 amide bonds. The van der Waals surface area contributed by atoms with Crippen molar-refractivity contribution in [1.29, 1.82) is 0 Å². The van der Waals surface area contributed by atoms with Crippen LogP contribution in [0.3, 0.4) is 0 Å². The number of aryl methyl sites for hydroxylation is 1. The first-order valence-corrected chi connectivity index (χ1v) is 7.26. The van der Waals surface area contributed by atoms with E-state index in [1.165, 1.54) is 19.2 Å². The number of primary amides is 1. The molecule has 0 saturated carbocycles. The molecule has 0 unspecified atom stereocenters. The van der Waals surface area contributed by atoms with Crippen LogP contribution in [0.5, 0.6) is 5.75 Å². The van der Waals surface area contributed by atoms with Gasteiger partial charge in [-0.1, -0.05) is 12.1 Å². The molecule has 0 fully saturated rings. The smallest absolute Gasteiger partial charge is 0.316 e. The highest BCUT2D eigenvalue weighted by atomic mass is 19.1. The number of ether oxygens (including phenoxy) is 1. The zero-order valence-electron chi connectivity index (χ0n) is 13.1. The summed E-state index contributed by atoms with van der Waals surface area (Å²) in [6.07, 6.45) is 0.589. The molecule has 0 spiro atoms. The van der Waals surface area contributed by atoms with Gasteiger partial charge >= 0.3 is 6.03 Å². The second-order valence-corrected chi connectivity index (χ2v) is 5.09. The third kappa shape index (κ3) is 4.98. The standard InChI is InChI=1S/C17H18FN3O3/c1-24-15-7-5-11(9-14(15)18)6-8-16(22)20-12-3-2-4-13(10-12)21-17(19)23/h2-5,7,9-10H,6,8H2,1H3,(H,20,22)(H3,19,21,23). The molecule has 0 saturated heterocycles. The van der Waals surface area contributed by atoms with Gasteiger partial charge in [0.25, 0.3) is 0 Å². The fourth-order valence-electron chi connectivity index (χ4n) is 2.16. The minimum absolute atomic E-state index is 0.168. The number of amides is 3. The number of anilines is 2. The molecule has 4 N–H and O–H groups in total. The van der Waals surface area contributed by atoms with Gasteiger partial charge in [0.2, 0.25) is 5.91 Å². The first kappa shape index (κ1) is 17.3. The predicted molar refractivity (Wildman–Crippen MR) is 89.6 cm³/mol. The molecular formula is C17H18FN3O3. The zero-order chi connectivity index (χ0) is 17.5. The van der Waals surface area contributed by atoms with E-state index in [1.807, 2.05) is 0 Å². The van der Waals surface area contributed by atoms with Crippen molar-refractivity contribution in [3.8, 4) is 5.75 Å². The largest absolute Gasteiger partial charge is 0.494 e. The van der Waals surface area contributed by atoms with Crippen molar-refractivity contribution in [1.82, 2.24) is 0 Å². The lowest BCUT2D eigenvalue weighted by Crippen LogP contribution is -2.19. The summed E-state index contributed by atoms with van der Waals surface area (Å²) in [6.45, 7) is 0. The summed E-state index contributed by atoms with van der Waals surface area (Å²) in [5.41, 5.74) is 6.76. The summed E-state index contributed by atoms with van der Waals surface area (Å²) in [5.74, 6) is -0.509. The van der Waals surface area contributed by atoms with Gasteiger partial charge in [-0.2, -0.15) is 0 Å². The van der Waals surface area contributed by atoms with E-state index in [1.54, 1.807) is 30.3 Å². The Morgan fingerprint density at radius 3 is 2.46 bits per heavy atom. The van der Waals surface area contributed by atoms with Crippen LogP contribution in [0.1, 0.15) is 12.0 Å². The normalized spacial score (nSPS) is 10.1. The Morgan fingerprint density at radius 2 is 1.83 bits per heavy atom. The average Bonchev–Trinajstić information content (AvgIpc) is 2.53. The van der Waals surface area contributed by atoms with Crippen LogP contribution in [0.15, 0.2) is 42.5 Å². The summed E-state index contributed by atoms with van der Waals surface area (Å²) in [7, 11) is 1.40. The molecule has 126 valence electrons. The number of hydrogen-bond donors (Lipinski definition) is 3. The topological polar surface area (TPSA) is 93.4 Å². The lowest BCUT2D eigenvalue weighted by atomic mass is 10.1. The van der Waals surface area contributed by atoms with Crippen LogP contribution in [0.2, 0.25) is 0 Å². The van der Waals surface area contributed by atoms with Gasteiger partial charge in [-0.05, 0) is 42.3 Å².